The second-order valence-electron chi connectivity index (χ2n) is 11.1. The summed E-state index contributed by atoms with van der Waals surface area (Å²) in [7, 11) is -2.47. The third-order valence-electron chi connectivity index (χ3n) is 7.75. The van der Waals surface area contributed by atoms with E-state index in [2.05, 4.69) is 5.32 Å². The molecule has 2 amide bonds. The first kappa shape index (κ1) is 32.4. The first-order valence-electron chi connectivity index (χ1n) is 14.6. The molecule has 1 aliphatic carbocycles. The van der Waals surface area contributed by atoms with E-state index in [-0.39, 0.29) is 30.6 Å². The van der Waals surface area contributed by atoms with E-state index in [0.29, 0.717) is 10.8 Å². The van der Waals surface area contributed by atoms with E-state index in [1.54, 1.807) is 30.3 Å². The maximum absolute atomic E-state index is 14.3. The Morgan fingerprint density at radius 1 is 0.977 bits per heavy atom. The van der Waals surface area contributed by atoms with Crippen LogP contribution >= 0.6 is 11.6 Å². The molecular weight excluding hydrogens is 586 g/mol. The number of carbonyl (C=O) groups is 2. The molecule has 1 atom stereocenters. The maximum Gasteiger partial charge on any atom is 0.244 e. The Labute approximate surface area is 260 Å². The van der Waals surface area contributed by atoms with E-state index in [1.165, 1.54) is 12.0 Å². The molecule has 0 spiro atoms. The largest absolute Gasteiger partial charge is 0.495 e. The molecule has 43 heavy (non-hydrogen) atoms. The van der Waals surface area contributed by atoms with Gasteiger partial charge in [-0.2, -0.15) is 0 Å². The number of aryl methyl sites for hydroxylation is 1. The molecule has 0 radical (unpaired) electrons. The number of carbonyl (C=O) groups excluding carboxylic acids is 2. The zero-order valence-electron chi connectivity index (χ0n) is 25.0. The lowest BCUT2D eigenvalue weighted by molar-refractivity contribution is -0.140. The fourth-order valence-electron chi connectivity index (χ4n) is 5.52. The quantitative estimate of drug-likeness (QED) is 0.286. The van der Waals surface area contributed by atoms with Crippen LogP contribution in [0.4, 0.5) is 5.69 Å². The fraction of sp³-hybridized carbons (Fsp3) is 0.394. The number of hydrogen-bond acceptors (Lipinski definition) is 5. The molecule has 1 saturated carbocycles. The summed E-state index contributed by atoms with van der Waals surface area (Å²) < 4.78 is 32.8. The average Bonchev–Trinajstić information content (AvgIpc) is 2.98. The van der Waals surface area contributed by atoms with Gasteiger partial charge in [-0.15, -0.1) is 0 Å². The summed E-state index contributed by atoms with van der Waals surface area (Å²) in [6.07, 6.45) is 6.33. The number of methoxy groups -OCH3 is 1. The van der Waals surface area contributed by atoms with E-state index < -0.39 is 28.5 Å². The van der Waals surface area contributed by atoms with Crippen LogP contribution in [-0.4, -0.2) is 57.1 Å². The first-order chi connectivity index (χ1) is 20.5. The van der Waals surface area contributed by atoms with Gasteiger partial charge in [-0.25, -0.2) is 8.42 Å². The van der Waals surface area contributed by atoms with Crippen molar-refractivity contribution in [2.45, 2.75) is 64.1 Å². The molecule has 0 aromatic heterocycles. The van der Waals surface area contributed by atoms with Gasteiger partial charge < -0.3 is 15.0 Å². The zero-order valence-corrected chi connectivity index (χ0v) is 26.5. The molecule has 1 fully saturated rings. The van der Waals surface area contributed by atoms with Crippen molar-refractivity contribution in [2.24, 2.45) is 0 Å². The van der Waals surface area contributed by atoms with Crippen LogP contribution in [0.25, 0.3) is 0 Å². The summed E-state index contributed by atoms with van der Waals surface area (Å²) in [6, 6.07) is 20.9. The Bertz CT molecular complexity index is 1510. The highest BCUT2D eigenvalue weighted by atomic mass is 35.5. The van der Waals surface area contributed by atoms with Gasteiger partial charge in [0.15, 0.2) is 0 Å². The lowest BCUT2D eigenvalue weighted by Crippen LogP contribution is -2.55. The van der Waals surface area contributed by atoms with Crippen molar-refractivity contribution in [3.05, 3.63) is 94.5 Å². The van der Waals surface area contributed by atoms with E-state index >= 15 is 0 Å². The second-order valence-corrected chi connectivity index (χ2v) is 13.5. The number of anilines is 1. The molecule has 10 heteroatoms. The van der Waals surface area contributed by atoms with Crippen LogP contribution in [0.2, 0.25) is 5.02 Å². The van der Waals surface area contributed by atoms with Crippen LogP contribution in [-0.2, 0) is 32.6 Å². The van der Waals surface area contributed by atoms with Gasteiger partial charge in [-0.05, 0) is 60.7 Å². The van der Waals surface area contributed by atoms with Gasteiger partial charge >= 0.3 is 0 Å². The van der Waals surface area contributed by atoms with Crippen molar-refractivity contribution in [2.75, 3.05) is 24.2 Å². The Morgan fingerprint density at radius 3 is 2.33 bits per heavy atom. The Balaban J connectivity index is 1.75. The number of nitrogens with one attached hydrogen (secondary N) is 1. The van der Waals surface area contributed by atoms with E-state index in [0.717, 1.165) is 59.4 Å². The van der Waals surface area contributed by atoms with Crippen LogP contribution in [0.1, 0.15) is 48.8 Å². The number of nitrogens with zero attached hydrogens (tertiary/aromatic N) is 2. The van der Waals surface area contributed by atoms with Crippen molar-refractivity contribution < 1.29 is 22.7 Å². The zero-order chi connectivity index (χ0) is 31.0. The predicted molar refractivity (Wildman–Crippen MR) is 171 cm³/mol. The number of benzene rings is 3. The van der Waals surface area contributed by atoms with Crippen molar-refractivity contribution in [1.29, 1.82) is 0 Å². The second kappa shape index (κ2) is 14.8. The lowest BCUT2D eigenvalue weighted by atomic mass is 9.94. The van der Waals surface area contributed by atoms with E-state index in [4.69, 9.17) is 16.3 Å². The molecule has 1 N–H and O–H groups in total. The number of amides is 2. The Morgan fingerprint density at radius 2 is 1.67 bits per heavy atom. The summed E-state index contributed by atoms with van der Waals surface area (Å²) in [4.78, 5) is 29.9. The van der Waals surface area contributed by atoms with Gasteiger partial charge in [0.2, 0.25) is 21.8 Å². The molecule has 1 unspecified atom stereocenters. The standard InChI is InChI=1S/C33H40ClN3O5S/c1-24-17-18-31(42-2)29(19-24)37(43(3,40)41)23-32(38)36(22-26-13-10-14-27(34)20-26)30(21-25-11-6-4-7-12-25)33(39)35-28-15-8-5-9-16-28/h4,6-7,10-14,17-20,28,30H,5,8-9,15-16,21-23H2,1-3H3,(H,35,39). The van der Waals surface area contributed by atoms with Crippen molar-refractivity contribution in [3.63, 3.8) is 0 Å². The van der Waals surface area contributed by atoms with Crippen molar-refractivity contribution in [3.8, 4) is 5.75 Å². The highest BCUT2D eigenvalue weighted by molar-refractivity contribution is 7.92. The number of sulfonamides is 1. The molecule has 0 aliphatic heterocycles. The SMILES string of the molecule is COc1ccc(C)cc1N(CC(=O)N(Cc1cccc(Cl)c1)C(Cc1ccccc1)C(=O)NC1CCCCC1)S(C)(=O)=O. The third-order valence-corrected chi connectivity index (χ3v) is 9.11. The monoisotopic (exact) mass is 625 g/mol. The first-order valence-corrected chi connectivity index (χ1v) is 16.8. The molecule has 0 heterocycles. The van der Waals surface area contributed by atoms with Gasteiger partial charge in [-0.3, -0.25) is 13.9 Å². The van der Waals surface area contributed by atoms with Crippen molar-refractivity contribution in [1.82, 2.24) is 10.2 Å². The minimum atomic E-state index is -3.92. The van der Waals surface area contributed by atoms with Crippen LogP contribution < -0.4 is 14.4 Å². The summed E-state index contributed by atoms with van der Waals surface area (Å²) in [6.45, 7) is 1.39. The average molecular weight is 626 g/mol. The van der Waals surface area contributed by atoms with Crippen molar-refractivity contribution >= 4 is 39.1 Å². The highest BCUT2D eigenvalue weighted by Crippen LogP contribution is 2.31. The predicted octanol–water partition coefficient (Wildman–Crippen LogP) is 5.51. The summed E-state index contributed by atoms with van der Waals surface area (Å²) in [5.41, 5.74) is 2.67. The fourth-order valence-corrected chi connectivity index (χ4v) is 6.58. The maximum atomic E-state index is 14.3. The van der Waals surface area contributed by atoms with E-state index in [9.17, 15) is 18.0 Å². The number of ether oxygens (including phenoxy) is 1. The summed E-state index contributed by atoms with van der Waals surface area (Å²) in [5, 5.41) is 3.70. The normalized spacial score (nSPS) is 14.5. The van der Waals surface area contributed by atoms with Crippen LogP contribution in [0.5, 0.6) is 5.75 Å². The van der Waals surface area contributed by atoms with Gasteiger partial charge in [-0.1, -0.05) is 79.4 Å². The minimum absolute atomic E-state index is 0.0340. The van der Waals surface area contributed by atoms with Crippen LogP contribution in [0, 0.1) is 6.92 Å². The minimum Gasteiger partial charge on any atom is -0.495 e. The number of halogens is 1. The number of hydrogen-bond donors (Lipinski definition) is 1. The summed E-state index contributed by atoms with van der Waals surface area (Å²) in [5.74, 6) is -0.458. The van der Waals surface area contributed by atoms with Crippen LogP contribution in [0.3, 0.4) is 0 Å². The van der Waals surface area contributed by atoms with Gasteiger partial charge in [0.25, 0.3) is 0 Å². The molecule has 3 aromatic carbocycles. The molecule has 4 rings (SSSR count). The lowest BCUT2D eigenvalue weighted by Gasteiger charge is -2.35. The van der Waals surface area contributed by atoms with Gasteiger partial charge in [0.05, 0.1) is 19.1 Å². The van der Waals surface area contributed by atoms with Crippen LogP contribution in [0.15, 0.2) is 72.8 Å². The topological polar surface area (TPSA) is 96.0 Å². The smallest absolute Gasteiger partial charge is 0.244 e. The third kappa shape index (κ3) is 8.97. The highest BCUT2D eigenvalue weighted by Gasteiger charge is 2.34. The molecule has 0 saturated heterocycles. The Kier molecular flexibility index (Phi) is 11.1. The van der Waals surface area contributed by atoms with E-state index in [1.807, 2.05) is 49.4 Å². The molecule has 8 nitrogen and oxygen atoms in total. The molecule has 0 bridgehead atoms. The molecular formula is C33H40ClN3O5S. The number of rotatable bonds is 12. The molecule has 1 aliphatic rings. The van der Waals surface area contributed by atoms with Gasteiger partial charge in [0.1, 0.15) is 18.3 Å². The molecule has 3 aromatic rings. The van der Waals surface area contributed by atoms with Gasteiger partial charge in [0, 0.05) is 24.0 Å². The summed E-state index contributed by atoms with van der Waals surface area (Å²) >= 11 is 6.30. The Hall–Kier alpha value is -3.56. The molecule has 230 valence electrons.